The molecule has 0 unspecified atom stereocenters. The molecule has 4 aromatic heterocycles. The second kappa shape index (κ2) is 21.1. The summed E-state index contributed by atoms with van der Waals surface area (Å²) in [5, 5.41) is 5.86. The van der Waals surface area contributed by atoms with E-state index in [-0.39, 0.29) is 37.0 Å². The van der Waals surface area contributed by atoms with Crippen LogP contribution in [0.5, 0.6) is 0 Å². The molecule has 0 aromatic carbocycles. The topological polar surface area (TPSA) is 229 Å². The molecule has 0 bridgehead atoms. The third-order valence-corrected chi connectivity index (χ3v) is 14.2. The molecular formula is C39H50F3N10O9S3+. The van der Waals surface area contributed by atoms with Crippen molar-refractivity contribution in [2.24, 2.45) is 7.05 Å². The second-order valence-corrected chi connectivity index (χ2v) is 19.7. The van der Waals surface area contributed by atoms with Crippen LogP contribution >= 0.6 is 0 Å². The molecule has 0 radical (unpaired) electrons. The van der Waals surface area contributed by atoms with Crippen LogP contribution in [0.15, 0.2) is 86.0 Å². The van der Waals surface area contributed by atoms with Gasteiger partial charge in [0.2, 0.25) is 0 Å². The van der Waals surface area contributed by atoms with Crippen molar-refractivity contribution in [3.8, 4) is 0 Å². The van der Waals surface area contributed by atoms with Gasteiger partial charge in [-0.25, -0.2) is 23.5 Å². The van der Waals surface area contributed by atoms with Gasteiger partial charge in [0, 0.05) is 52.0 Å². The highest BCUT2D eigenvalue weighted by molar-refractivity contribution is 7.88. The predicted molar refractivity (Wildman–Crippen MR) is 228 cm³/mol. The lowest BCUT2D eigenvalue weighted by atomic mass is 10.1. The number of rotatable bonds is 11. The van der Waals surface area contributed by atoms with Crippen LogP contribution < -0.4 is 15.2 Å². The zero-order valence-corrected chi connectivity index (χ0v) is 37.6. The fraction of sp³-hybridized carbons (Fsp3) is 0.436. The van der Waals surface area contributed by atoms with Crippen molar-refractivity contribution >= 4 is 53.5 Å². The van der Waals surface area contributed by atoms with Crippen LogP contribution in [0.3, 0.4) is 0 Å². The molecule has 19 nitrogen and oxygen atoms in total. The second-order valence-electron chi connectivity index (χ2n) is 14.4. The molecule has 25 heteroatoms. The first kappa shape index (κ1) is 48.1. The van der Waals surface area contributed by atoms with Gasteiger partial charge in [0.1, 0.15) is 30.1 Å². The zero-order valence-electron chi connectivity index (χ0n) is 36.1. The Morgan fingerprint density at radius 3 is 1.59 bits per heavy atom. The molecule has 2 saturated carbocycles. The SMILES string of the molecule is COS(=O)(=O)C(F)(F)F.C[n+]1ccn(S(=O)(=O)N2CC=C(c3cccc(C(=O)NC4CC4)n3)CC2)c1.O=C(NC1CC1)c1cccc(C2=CCN(S(=O)(=O)n3ccnc3)CC2)n1.[2H]CC. The number of amides is 2. The quantitative estimate of drug-likeness (QED) is 0.126. The Bertz CT molecular complexity index is 2690. The van der Waals surface area contributed by atoms with Crippen molar-refractivity contribution in [1.82, 2.24) is 42.1 Å². The Hall–Kier alpha value is -5.34. The Labute approximate surface area is 371 Å². The number of carbonyl (C=O) groups is 2. The van der Waals surface area contributed by atoms with Crippen molar-refractivity contribution in [3.05, 3.63) is 109 Å². The van der Waals surface area contributed by atoms with Crippen LogP contribution in [0.2, 0.25) is 0 Å². The van der Waals surface area contributed by atoms with E-state index in [1.807, 2.05) is 30.4 Å². The van der Waals surface area contributed by atoms with Crippen molar-refractivity contribution in [2.75, 3.05) is 33.3 Å². The minimum absolute atomic E-state index is 0.152. The third kappa shape index (κ3) is 12.9. The number of pyridine rings is 2. The lowest BCUT2D eigenvalue weighted by Gasteiger charge is -2.25. The molecule has 2 aliphatic heterocycles. The number of hydrogen-bond donors (Lipinski definition) is 2. The van der Waals surface area contributed by atoms with Gasteiger partial charge in [0.15, 0.2) is 0 Å². The minimum Gasteiger partial charge on any atom is -0.348 e. The smallest absolute Gasteiger partial charge is 0.348 e. The first-order chi connectivity index (χ1) is 30.7. The first-order valence-electron chi connectivity index (χ1n) is 20.5. The van der Waals surface area contributed by atoms with E-state index in [2.05, 4.69) is 29.8 Å². The molecule has 6 heterocycles. The van der Waals surface area contributed by atoms with Crippen LogP contribution in [0.1, 0.15) is 86.1 Å². The lowest BCUT2D eigenvalue weighted by molar-refractivity contribution is -0.670. The van der Waals surface area contributed by atoms with Gasteiger partial charge in [0.05, 0.1) is 25.5 Å². The van der Waals surface area contributed by atoms with Gasteiger partial charge in [-0.1, -0.05) is 38.1 Å². The number of aromatic nitrogens is 6. The standard InChI is InChI=1S/C18H21N5O3S.C17H19N5O3S.C2H3F3O3S.C2H6/c1-21-11-12-23(13-21)27(25,26)22-9-7-14(8-10-22)16-3-2-4-17(20-16)18(24)19-15-5-6-15;23-17(19-14-4-5-14)16-3-1-2-15(20-16)13-6-9-21(10-7-13)26(24,25)22-11-8-18-12-22;1-8-9(6,7)2(3,4)5;1-2/h2-4,7,11-13,15H,5-6,8-10H2,1H3;1-3,6,8,11-12,14H,4-5,7,9-10H2,(H,19,23);1H3;1-2H3/p+1/i;;;1D. The van der Waals surface area contributed by atoms with E-state index in [4.69, 9.17) is 1.37 Å². The monoisotopic (exact) mass is 956 g/mol. The molecule has 0 saturated heterocycles. The van der Waals surface area contributed by atoms with Crippen molar-refractivity contribution < 1.29 is 58.1 Å². The molecule has 348 valence electrons. The minimum atomic E-state index is -5.34. The molecule has 64 heavy (non-hydrogen) atoms. The van der Waals surface area contributed by atoms with Crippen LogP contribution in [0, 0.1) is 0 Å². The molecule has 4 aliphatic rings. The molecule has 2 fully saturated rings. The van der Waals surface area contributed by atoms with Gasteiger partial charge in [-0.3, -0.25) is 13.8 Å². The molecule has 0 atom stereocenters. The molecular weight excluding hydrogens is 906 g/mol. The Balaban J connectivity index is 0.000000196. The van der Waals surface area contributed by atoms with Gasteiger partial charge in [-0.2, -0.15) is 47.0 Å². The Kier molecular flexibility index (Phi) is 15.9. The highest BCUT2D eigenvalue weighted by Gasteiger charge is 2.46. The summed E-state index contributed by atoms with van der Waals surface area (Å²) < 4.78 is 119. The third-order valence-electron chi connectivity index (χ3n) is 9.70. The normalized spacial score (nSPS) is 17.4. The van der Waals surface area contributed by atoms with Crippen molar-refractivity contribution in [1.29, 1.82) is 0 Å². The van der Waals surface area contributed by atoms with E-state index >= 15 is 0 Å². The largest absolute Gasteiger partial charge is 0.523 e. The maximum Gasteiger partial charge on any atom is 0.523 e. The van der Waals surface area contributed by atoms with Crippen molar-refractivity contribution in [3.63, 3.8) is 0 Å². The summed E-state index contributed by atoms with van der Waals surface area (Å²) in [6.45, 7) is 3.55. The van der Waals surface area contributed by atoms with E-state index in [1.165, 1.54) is 43.8 Å². The van der Waals surface area contributed by atoms with Crippen molar-refractivity contribution in [2.45, 2.75) is 69.9 Å². The summed E-state index contributed by atoms with van der Waals surface area (Å²) in [4.78, 5) is 37.1. The van der Waals surface area contributed by atoms with Gasteiger partial charge < -0.3 is 10.6 Å². The van der Waals surface area contributed by atoms with Crippen LogP contribution in [-0.2, 0) is 41.8 Å². The Morgan fingerprint density at radius 1 is 0.797 bits per heavy atom. The van der Waals surface area contributed by atoms with Crippen LogP contribution in [0.4, 0.5) is 13.2 Å². The molecule has 2 aliphatic carbocycles. The van der Waals surface area contributed by atoms with Gasteiger partial charge in [-0.15, -0.1) is 3.97 Å². The maximum absolute atomic E-state index is 12.7. The van der Waals surface area contributed by atoms with E-state index in [0.717, 1.165) is 46.5 Å². The summed E-state index contributed by atoms with van der Waals surface area (Å²) in [6.07, 6.45) is 17.8. The fourth-order valence-electron chi connectivity index (χ4n) is 5.95. The lowest BCUT2D eigenvalue weighted by Crippen LogP contribution is -2.38. The highest BCUT2D eigenvalue weighted by atomic mass is 32.2. The van der Waals surface area contributed by atoms with E-state index in [0.29, 0.717) is 57.0 Å². The summed E-state index contributed by atoms with van der Waals surface area (Å²) in [5.74, 6) is -0.310. The predicted octanol–water partition coefficient (Wildman–Crippen LogP) is 3.04. The number of carbonyl (C=O) groups excluding carboxylic acids is 2. The van der Waals surface area contributed by atoms with E-state index < -0.39 is 36.0 Å². The summed E-state index contributed by atoms with van der Waals surface area (Å²) in [6, 6.07) is 11.3. The van der Waals surface area contributed by atoms with Gasteiger partial charge >= 0.3 is 36.0 Å². The molecule has 4 aromatic rings. The zero-order chi connectivity index (χ0) is 47.6. The van der Waals surface area contributed by atoms with E-state index in [1.54, 1.807) is 42.9 Å². The fourth-order valence-corrected chi connectivity index (χ4v) is 8.70. The number of nitrogens with one attached hydrogen (secondary N) is 2. The van der Waals surface area contributed by atoms with Gasteiger partial charge in [-0.05, 0) is 73.9 Å². The number of imidazole rings is 2. The summed E-state index contributed by atoms with van der Waals surface area (Å²) >= 11 is 0. The van der Waals surface area contributed by atoms with Crippen LogP contribution in [0.25, 0.3) is 11.1 Å². The Morgan fingerprint density at radius 2 is 1.27 bits per heavy atom. The summed E-state index contributed by atoms with van der Waals surface area (Å²) in [7, 11) is -10.3. The number of halogens is 3. The summed E-state index contributed by atoms with van der Waals surface area (Å²) in [5.41, 5.74) is -1.17. The first-order valence-corrected chi connectivity index (χ1v) is 24.0. The average molecular weight is 957 g/mol. The van der Waals surface area contributed by atoms with Gasteiger partial charge in [0.25, 0.3) is 18.1 Å². The molecule has 0 spiro atoms. The maximum atomic E-state index is 12.7. The average Bonchev–Trinajstić information content (AvgIpc) is 4.18. The molecule has 8 rings (SSSR count). The molecule has 2 amide bonds. The van der Waals surface area contributed by atoms with E-state index in [9.17, 15) is 48.0 Å². The number of aryl methyl sites for hydroxylation is 1. The number of alkyl halides is 3. The number of hydrogen-bond acceptors (Lipinski definition) is 12. The van der Waals surface area contributed by atoms with Crippen LogP contribution in [-0.4, -0.2) is 119 Å². The number of nitrogens with zero attached hydrogens (tertiary/aromatic N) is 8. The molecule has 2 N–H and O–H groups in total. The highest BCUT2D eigenvalue weighted by Crippen LogP contribution is 2.26.